The van der Waals surface area contributed by atoms with E-state index in [9.17, 15) is 18.0 Å². The second-order valence-corrected chi connectivity index (χ2v) is 9.80. The first-order valence-electron chi connectivity index (χ1n) is 10.0. The van der Waals surface area contributed by atoms with E-state index in [0.717, 1.165) is 16.7 Å². The van der Waals surface area contributed by atoms with Gasteiger partial charge in [0.2, 0.25) is 21.8 Å². The fraction of sp³-hybridized carbons (Fsp3) is 0.364. The Hall–Kier alpha value is -2.71. The molecule has 158 valence electrons. The van der Waals surface area contributed by atoms with Crippen LogP contribution in [0.2, 0.25) is 0 Å². The average molecular weight is 428 g/mol. The molecule has 1 unspecified atom stereocenters. The molecule has 2 aliphatic heterocycles. The maximum atomic E-state index is 13.2. The van der Waals surface area contributed by atoms with Gasteiger partial charge in [-0.15, -0.1) is 0 Å². The Morgan fingerprint density at radius 2 is 1.73 bits per heavy atom. The van der Waals surface area contributed by atoms with E-state index in [0.29, 0.717) is 23.7 Å². The van der Waals surface area contributed by atoms with Crippen LogP contribution in [-0.4, -0.2) is 55.6 Å². The maximum Gasteiger partial charge on any atom is 0.243 e. The highest BCUT2D eigenvalue weighted by molar-refractivity contribution is 7.89. The van der Waals surface area contributed by atoms with Crippen molar-refractivity contribution >= 4 is 27.5 Å². The van der Waals surface area contributed by atoms with Gasteiger partial charge in [-0.3, -0.25) is 9.59 Å². The highest BCUT2D eigenvalue weighted by Gasteiger charge is 2.36. The van der Waals surface area contributed by atoms with Gasteiger partial charge in [-0.1, -0.05) is 35.9 Å². The Morgan fingerprint density at radius 1 is 1.03 bits per heavy atom. The summed E-state index contributed by atoms with van der Waals surface area (Å²) in [5.74, 6) is -0.832. The molecule has 7 nitrogen and oxygen atoms in total. The van der Waals surface area contributed by atoms with Crippen molar-refractivity contribution in [1.29, 1.82) is 0 Å². The van der Waals surface area contributed by atoms with E-state index >= 15 is 0 Å². The number of fused-ring (bicyclic) bond motifs is 1. The Labute approximate surface area is 176 Å². The summed E-state index contributed by atoms with van der Waals surface area (Å²) in [6.07, 6.45) is 0.108. The smallest absolute Gasteiger partial charge is 0.243 e. The molecule has 2 aromatic rings. The molecular weight excluding hydrogens is 402 g/mol. The molecule has 4 rings (SSSR count). The lowest BCUT2D eigenvalue weighted by Gasteiger charge is -2.37. The molecule has 2 heterocycles. The zero-order valence-electron chi connectivity index (χ0n) is 17.1. The third-order valence-electron chi connectivity index (χ3n) is 5.80. The Kier molecular flexibility index (Phi) is 5.38. The number of nitrogens with one attached hydrogen (secondary N) is 1. The van der Waals surface area contributed by atoms with Gasteiger partial charge in [0, 0.05) is 38.3 Å². The van der Waals surface area contributed by atoms with Gasteiger partial charge < -0.3 is 10.2 Å². The van der Waals surface area contributed by atoms with Crippen molar-refractivity contribution in [3.8, 4) is 0 Å². The van der Waals surface area contributed by atoms with Gasteiger partial charge in [0.25, 0.3) is 0 Å². The zero-order chi connectivity index (χ0) is 21.5. The largest absolute Gasteiger partial charge is 0.340 e. The van der Waals surface area contributed by atoms with Gasteiger partial charge in [0.05, 0.1) is 10.8 Å². The summed E-state index contributed by atoms with van der Waals surface area (Å²) in [5, 5.41) is 2.80. The molecule has 2 aromatic carbocycles. The molecule has 0 aliphatic carbocycles. The van der Waals surface area contributed by atoms with Crippen LogP contribution < -0.4 is 5.32 Å². The lowest BCUT2D eigenvalue weighted by molar-refractivity contribution is -0.136. The van der Waals surface area contributed by atoms with Crippen LogP contribution >= 0.6 is 0 Å². The minimum atomic E-state index is -3.61. The van der Waals surface area contributed by atoms with E-state index in [1.165, 1.54) is 4.31 Å². The van der Waals surface area contributed by atoms with Gasteiger partial charge in [0.1, 0.15) is 0 Å². The van der Waals surface area contributed by atoms with Crippen LogP contribution in [-0.2, 0) is 19.6 Å². The second kappa shape index (κ2) is 7.85. The van der Waals surface area contributed by atoms with Crippen molar-refractivity contribution in [2.75, 3.05) is 31.5 Å². The molecule has 0 spiro atoms. The predicted molar refractivity (Wildman–Crippen MR) is 114 cm³/mol. The van der Waals surface area contributed by atoms with E-state index in [-0.39, 0.29) is 31.3 Å². The predicted octanol–water partition coefficient (Wildman–Crippen LogP) is 2.26. The number of amides is 2. The first kappa shape index (κ1) is 20.6. The molecule has 2 amide bonds. The minimum absolute atomic E-state index is 0.108. The number of hydrogen-bond acceptors (Lipinski definition) is 4. The van der Waals surface area contributed by atoms with Crippen molar-refractivity contribution in [2.45, 2.75) is 31.1 Å². The van der Waals surface area contributed by atoms with Crippen molar-refractivity contribution in [1.82, 2.24) is 9.21 Å². The van der Waals surface area contributed by atoms with Crippen LogP contribution in [0, 0.1) is 13.8 Å². The first-order chi connectivity index (χ1) is 14.3. The van der Waals surface area contributed by atoms with E-state index in [2.05, 4.69) is 5.32 Å². The van der Waals surface area contributed by atoms with Crippen LogP contribution in [0.15, 0.2) is 47.4 Å². The average Bonchev–Trinajstić information content (AvgIpc) is 2.72. The number of anilines is 1. The van der Waals surface area contributed by atoms with Crippen LogP contribution in [0.25, 0.3) is 0 Å². The SMILES string of the molecule is Cc1ccc(S(=O)(=O)N2CCN(C(=O)C3CC(=O)Nc4ccccc43)CC2)c(C)c1. The van der Waals surface area contributed by atoms with E-state index in [1.54, 1.807) is 30.0 Å². The molecule has 1 fully saturated rings. The highest BCUT2D eigenvalue weighted by atomic mass is 32.2. The van der Waals surface area contributed by atoms with Crippen molar-refractivity contribution in [3.05, 3.63) is 59.2 Å². The number of hydrogen-bond donors (Lipinski definition) is 1. The van der Waals surface area contributed by atoms with Gasteiger partial charge in [-0.25, -0.2) is 8.42 Å². The summed E-state index contributed by atoms with van der Waals surface area (Å²) in [4.78, 5) is 27.2. The van der Waals surface area contributed by atoms with Crippen LogP contribution in [0.3, 0.4) is 0 Å². The molecule has 1 atom stereocenters. The summed E-state index contributed by atoms with van der Waals surface area (Å²) < 4.78 is 27.6. The number of carbonyl (C=O) groups is 2. The Bertz CT molecular complexity index is 1110. The number of carbonyl (C=O) groups excluding carboxylic acids is 2. The van der Waals surface area contributed by atoms with Crippen LogP contribution in [0.1, 0.15) is 29.0 Å². The van der Waals surface area contributed by atoms with Gasteiger partial charge in [0.15, 0.2) is 0 Å². The molecule has 1 N–H and O–H groups in total. The van der Waals surface area contributed by atoms with Crippen LogP contribution in [0.5, 0.6) is 0 Å². The zero-order valence-corrected chi connectivity index (χ0v) is 17.9. The summed E-state index contributed by atoms with van der Waals surface area (Å²) >= 11 is 0. The van der Waals surface area contributed by atoms with E-state index < -0.39 is 15.9 Å². The standard InChI is InChI=1S/C22H25N3O4S/c1-15-7-8-20(16(2)13-15)30(28,29)25-11-9-24(10-12-25)22(27)18-14-21(26)23-19-6-4-3-5-17(18)19/h3-8,13,18H,9-12,14H2,1-2H3,(H,23,26). The molecule has 0 aromatic heterocycles. The Balaban J connectivity index is 1.48. The first-order valence-corrected chi connectivity index (χ1v) is 11.5. The minimum Gasteiger partial charge on any atom is -0.340 e. The number of piperazine rings is 1. The third kappa shape index (κ3) is 3.73. The van der Waals surface area contributed by atoms with Crippen LogP contribution in [0.4, 0.5) is 5.69 Å². The molecule has 0 radical (unpaired) electrons. The summed E-state index contributed by atoms with van der Waals surface area (Å²) in [6.45, 7) is 4.82. The number of aryl methyl sites for hydroxylation is 2. The summed E-state index contributed by atoms with van der Waals surface area (Å²) in [7, 11) is -3.61. The van der Waals surface area contributed by atoms with Crippen molar-refractivity contribution in [2.24, 2.45) is 0 Å². The van der Waals surface area contributed by atoms with Crippen molar-refractivity contribution < 1.29 is 18.0 Å². The number of rotatable bonds is 3. The maximum absolute atomic E-state index is 13.2. The molecule has 30 heavy (non-hydrogen) atoms. The lowest BCUT2D eigenvalue weighted by atomic mass is 9.89. The quantitative estimate of drug-likeness (QED) is 0.814. The molecule has 0 saturated carbocycles. The number of para-hydroxylation sites is 1. The highest BCUT2D eigenvalue weighted by Crippen LogP contribution is 2.33. The Morgan fingerprint density at radius 3 is 2.43 bits per heavy atom. The molecule has 8 heteroatoms. The number of benzene rings is 2. The van der Waals surface area contributed by atoms with Gasteiger partial charge in [-0.2, -0.15) is 4.31 Å². The lowest BCUT2D eigenvalue weighted by Crippen LogP contribution is -2.52. The third-order valence-corrected chi connectivity index (χ3v) is 7.86. The monoisotopic (exact) mass is 427 g/mol. The summed E-state index contributed by atoms with van der Waals surface area (Å²) in [6, 6.07) is 12.6. The molecule has 0 bridgehead atoms. The summed E-state index contributed by atoms with van der Waals surface area (Å²) in [5.41, 5.74) is 3.22. The van der Waals surface area contributed by atoms with E-state index in [4.69, 9.17) is 0 Å². The van der Waals surface area contributed by atoms with Gasteiger partial charge >= 0.3 is 0 Å². The molecule has 2 aliphatic rings. The van der Waals surface area contributed by atoms with Crippen molar-refractivity contribution in [3.63, 3.8) is 0 Å². The number of sulfonamides is 1. The fourth-order valence-electron chi connectivity index (χ4n) is 4.23. The van der Waals surface area contributed by atoms with E-state index in [1.807, 2.05) is 31.2 Å². The fourth-order valence-corrected chi connectivity index (χ4v) is 5.86. The molecular formula is C22H25N3O4S. The molecule has 1 saturated heterocycles. The number of nitrogens with zero attached hydrogens (tertiary/aromatic N) is 2. The normalized spacial score (nSPS) is 19.9. The topological polar surface area (TPSA) is 86.8 Å². The second-order valence-electron chi connectivity index (χ2n) is 7.89. The van der Waals surface area contributed by atoms with Gasteiger partial charge in [-0.05, 0) is 37.1 Å².